The van der Waals surface area contributed by atoms with Crippen LogP contribution < -0.4 is 9.80 Å². The molecule has 2 aliphatic heterocycles. The normalized spacial score (nSPS) is 20.8. The van der Waals surface area contributed by atoms with Crippen molar-refractivity contribution in [1.82, 2.24) is 10.1 Å². The van der Waals surface area contributed by atoms with Gasteiger partial charge in [0.1, 0.15) is 18.0 Å². The van der Waals surface area contributed by atoms with Crippen molar-refractivity contribution < 1.29 is 19.1 Å². The summed E-state index contributed by atoms with van der Waals surface area (Å²) in [6, 6.07) is 12.6. The van der Waals surface area contributed by atoms with Crippen molar-refractivity contribution in [2.75, 3.05) is 45.8 Å². The molecule has 1 unspecified atom stereocenters. The Kier molecular flexibility index (Phi) is 5.88. The van der Waals surface area contributed by atoms with Crippen LogP contribution in [0.1, 0.15) is 23.4 Å². The van der Waals surface area contributed by atoms with E-state index in [4.69, 9.17) is 4.52 Å². The fourth-order valence-electron chi connectivity index (χ4n) is 4.19. The summed E-state index contributed by atoms with van der Waals surface area (Å²) in [5, 5.41) is 4.08. The van der Waals surface area contributed by atoms with Gasteiger partial charge in [-0.3, -0.25) is 4.79 Å². The molecule has 0 bridgehead atoms. The maximum atomic E-state index is 12.7. The van der Waals surface area contributed by atoms with E-state index < -0.39 is 0 Å². The van der Waals surface area contributed by atoms with E-state index in [1.807, 2.05) is 17.9 Å². The Bertz CT molecular complexity index is 822. The topological polar surface area (TPSA) is 55.2 Å². The minimum atomic E-state index is 0.294. The highest BCUT2D eigenvalue weighted by Gasteiger charge is 2.27. The van der Waals surface area contributed by atoms with E-state index in [9.17, 15) is 4.79 Å². The molecule has 148 valence electrons. The molecule has 2 aliphatic rings. The maximum Gasteiger partial charge on any atom is 0.278 e. The van der Waals surface area contributed by atoms with Crippen LogP contribution in [0, 0.1) is 6.92 Å². The molecule has 1 aromatic carbocycles. The highest BCUT2D eigenvalue weighted by molar-refractivity contribution is 5.77. The summed E-state index contributed by atoms with van der Waals surface area (Å²) in [5.41, 5.74) is 3.73. The molecule has 2 aromatic rings. The van der Waals surface area contributed by atoms with E-state index in [0.717, 1.165) is 63.7 Å². The summed E-state index contributed by atoms with van der Waals surface area (Å²) in [6.07, 6.45) is 3.35. The molecule has 28 heavy (non-hydrogen) atoms. The van der Waals surface area contributed by atoms with Crippen molar-refractivity contribution in [3.05, 3.63) is 59.5 Å². The van der Waals surface area contributed by atoms with Crippen LogP contribution in [-0.4, -0.2) is 61.8 Å². The number of nitrogens with one attached hydrogen (secondary N) is 2. The summed E-state index contributed by atoms with van der Waals surface area (Å²) in [4.78, 5) is 17.6. The van der Waals surface area contributed by atoms with Gasteiger partial charge in [0.05, 0.1) is 39.3 Å². The van der Waals surface area contributed by atoms with Gasteiger partial charge in [-0.05, 0) is 24.1 Å². The number of piperazine rings is 1. The van der Waals surface area contributed by atoms with Crippen molar-refractivity contribution in [2.24, 2.45) is 0 Å². The smallest absolute Gasteiger partial charge is 0.278 e. The third kappa shape index (κ3) is 4.69. The summed E-state index contributed by atoms with van der Waals surface area (Å²) < 4.78 is 5.15. The zero-order chi connectivity index (χ0) is 19.3. The minimum absolute atomic E-state index is 0.294. The third-order valence-corrected chi connectivity index (χ3v) is 5.86. The van der Waals surface area contributed by atoms with Crippen LogP contribution in [0.2, 0.25) is 0 Å². The molecule has 2 N–H and O–H groups in total. The van der Waals surface area contributed by atoms with Crippen LogP contribution in [0.3, 0.4) is 0 Å². The molecule has 0 saturated carbocycles. The first kappa shape index (κ1) is 18.9. The number of amides is 1. The number of carbonyl (C=O) groups excluding carboxylic acids is 1. The summed E-state index contributed by atoms with van der Waals surface area (Å²) in [7, 11) is 0. The van der Waals surface area contributed by atoms with E-state index in [2.05, 4.69) is 41.6 Å². The zero-order valence-corrected chi connectivity index (χ0v) is 16.6. The molecule has 1 saturated heterocycles. The van der Waals surface area contributed by atoms with Crippen molar-refractivity contribution >= 4 is 11.5 Å². The first-order chi connectivity index (χ1) is 13.7. The van der Waals surface area contributed by atoms with Crippen LogP contribution >= 0.6 is 0 Å². The van der Waals surface area contributed by atoms with Gasteiger partial charge in [-0.1, -0.05) is 35.5 Å². The Morgan fingerprint density at radius 1 is 1.14 bits per heavy atom. The van der Waals surface area contributed by atoms with Gasteiger partial charge in [-0.25, -0.2) is 0 Å². The molecule has 1 atom stereocenters. The molecule has 1 fully saturated rings. The SMILES string of the molecule is Cc1cc(C[NH+]2CCN(C(=O)C[NH+]3CC=C(c4ccccc4)CC3)CC2)no1. The molecule has 1 amide bonds. The van der Waals surface area contributed by atoms with Gasteiger partial charge in [-0.15, -0.1) is 0 Å². The Labute approximate surface area is 166 Å². The lowest BCUT2D eigenvalue weighted by atomic mass is 9.99. The molecule has 0 spiro atoms. The van der Waals surface area contributed by atoms with Gasteiger partial charge in [0.15, 0.2) is 6.54 Å². The predicted octanol–water partition coefficient (Wildman–Crippen LogP) is -0.418. The zero-order valence-electron chi connectivity index (χ0n) is 16.6. The van der Waals surface area contributed by atoms with E-state index in [0.29, 0.717) is 12.5 Å². The number of hydrogen-bond donors (Lipinski definition) is 2. The second-order valence-electron chi connectivity index (χ2n) is 7.96. The van der Waals surface area contributed by atoms with E-state index in [1.54, 1.807) is 0 Å². The first-order valence-electron chi connectivity index (χ1n) is 10.3. The van der Waals surface area contributed by atoms with Gasteiger partial charge in [-0.2, -0.15) is 0 Å². The summed E-state index contributed by atoms with van der Waals surface area (Å²) in [6.45, 7) is 9.00. The Hall–Kier alpha value is -2.44. The molecular formula is C22H30N4O2+2. The molecule has 3 heterocycles. The molecule has 0 aliphatic carbocycles. The Morgan fingerprint density at radius 2 is 1.93 bits per heavy atom. The highest BCUT2D eigenvalue weighted by Crippen LogP contribution is 2.17. The number of aromatic nitrogens is 1. The second-order valence-corrected chi connectivity index (χ2v) is 7.96. The maximum absolute atomic E-state index is 12.7. The third-order valence-electron chi connectivity index (χ3n) is 5.86. The monoisotopic (exact) mass is 382 g/mol. The minimum Gasteiger partial charge on any atom is -0.361 e. The number of rotatable bonds is 5. The lowest BCUT2D eigenvalue weighted by Crippen LogP contribution is -3.15. The van der Waals surface area contributed by atoms with Gasteiger partial charge in [0.25, 0.3) is 5.91 Å². The number of benzene rings is 1. The van der Waals surface area contributed by atoms with Gasteiger partial charge in [0, 0.05) is 12.5 Å². The first-order valence-corrected chi connectivity index (χ1v) is 10.3. The quantitative estimate of drug-likeness (QED) is 0.739. The van der Waals surface area contributed by atoms with Crippen LogP contribution in [0.25, 0.3) is 5.57 Å². The molecule has 1 aromatic heterocycles. The lowest BCUT2D eigenvalue weighted by Gasteiger charge is -2.33. The molecule has 6 heteroatoms. The number of hydrogen-bond acceptors (Lipinski definition) is 3. The fourth-order valence-corrected chi connectivity index (χ4v) is 4.19. The standard InChI is InChI=1S/C22H28N4O2/c1-18-15-21(23-28-18)16-25-11-13-26(14-12-25)22(27)17-24-9-7-20(8-10-24)19-5-3-2-4-6-19/h2-7,15H,8-14,16-17H2,1H3/p+2. The van der Waals surface area contributed by atoms with Gasteiger partial charge < -0.3 is 19.2 Å². The average molecular weight is 383 g/mol. The Morgan fingerprint density at radius 3 is 2.57 bits per heavy atom. The van der Waals surface area contributed by atoms with Crippen LogP contribution in [0.15, 0.2) is 47.0 Å². The average Bonchev–Trinajstić information content (AvgIpc) is 3.14. The highest BCUT2D eigenvalue weighted by atomic mass is 16.5. The lowest BCUT2D eigenvalue weighted by molar-refractivity contribution is -0.918. The fraction of sp³-hybridized carbons (Fsp3) is 0.455. The molecule has 4 rings (SSSR count). The number of carbonyl (C=O) groups is 1. The van der Waals surface area contributed by atoms with E-state index in [-0.39, 0.29) is 0 Å². The van der Waals surface area contributed by atoms with Crippen molar-refractivity contribution in [1.29, 1.82) is 0 Å². The molecule has 0 radical (unpaired) electrons. The number of aryl methyl sites for hydroxylation is 1. The molecular weight excluding hydrogens is 352 g/mol. The van der Waals surface area contributed by atoms with Crippen LogP contribution in [-0.2, 0) is 11.3 Å². The summed E-state index contributed by atoms with van der Waals surface area (Å²) >= 11 is 0. The predicted molar refractivity (Wildman–Crippen MR) is 107 cm³/mol. The van der Waals surface area contributed by atoms with Crippen LogP contribution in [0.5, 0.6) is 0 Å². The van der Waals surface area contributed by atoms with Crippen molar-refractivity contribution in [3.8, 4) is 0 Å². The van der Waals surface area contributed by atoms with Crippen LogP contribution in [0.4, 0.5) is 0 Å². The number of nitrogens with zero attached hydrogens (tertiary/aromatic N) is 2. The summed E-state index contributed by atoms with van der Waals surface area (Å²) in [5.74, 6) is 1.15. The number of quaternary nitrogens is 2. The Balaban J connectivity index is 1.22. The van der Waals surface area contributed by atoms with Crippen molar-refractivity contribution in [2.45, 2.75) is 19.9 Å². The van der Waals surface area contributed by atoms with Gasteiger partial charge in [0.2, 0.25) is 0 Å². The largest absolute Gasteiger partial charge is 0.361 e. The molecule has 6 nitrogen and oxygen atoms in total. The van der Waals surface area contributed by atoms with Crippen molar-refractivity contribution in [3.63, 3.8) is 0 Å². The van der Waals surface area contributed by atoms with Gasteiger partial charge >= 0.3 is 0 Å². The van der Waals surface area contributed by atoms with E-state index in [1.165, 1.54) is 20.9 Å². The second kappa shape index (κ2) is 8.71. The van der Waals surface area contributed by atoms with E-state index >= 15 is 0 Å².